The first-order valence-electron chi connectivity index (χ1n) is 18.6. The number of benzene rings is 3. The molecule has 4 aromatic rings. The second-order valence-corrected chi connectivity index (χ2v) is 14.8. The van der Waals surface area contributed by atoms with E-state index >= 15 is 0 Å². The van der Waals surface area contributed by atoms with Crippen LogP contribution in [-0.4, -0.2) is 81.5 Å². The first-order valence-corrected chi connectivity index (χ1v) is 19.0. The summed E-state index contributed by atoms with van der Waals surface area (Å²) in [5.74, 6) is -1.06. The lowest BCUT2D eigenvalue weighted by Gasteiger charge is -2.42. The van der Waals surface area contributed by atoms with E-state index < -0.39 is 12.0 Å². The minimum atomic E-state index is -1.03. The maximum atomic E-state index is 13.6. The number of nitrogens with one attached hydrogen (secondary N) is 1. The third-order valence-corrected chi connectivity index (χ3v) is 11.3. The highest BCUT2D eigenvalue weighted by Crippen LogP contribution is 2.48. The van der Waals surface area contributed by atoms with Gasteiger partial charge in [-0.2, -0.15) is 0 Å². The maximum absolute atomic E-state index is 13.6. The highest BCUT2D eigenvalue weighted by molar-refractivity contribution is 6.31. The summed E-state index contributed by atoms with van der Waals surface area (Å²) in [5.41, 5.74) is 24.1. The third-order valence-electron chi connectivity index (χ3n) is 11.0. The fraction of sp³-hybridized carbons (Fsp3) is 0.390. The van der Waals surface area contributed by atoms with Gasteiger partial charge in [0.05, 0.1) is 0 Å². The van der Waals surface area contributed by atoms with Crippen LogP contribution in [0.15, 0.2) is 72.8 Å². The van der Waals surface area contributed by atoms with Crippen LogP contribution >= 0.6 is 11.6 Å². The average Bonchev–Trinajstić information content (AvgIpc) is 3.49. The zero-order valence-corrected chi connectivity index (χ0v) is 31.3. The van der Waals surface area contributed by atoms with Gasteiger partial charge >= 0.3 is 6.09 Å². The van der Waals surface area contributed by atoms with Crippen LogP contribution in [0.5, 0.6) is 0 Å². The van der Waals surface area contributed by atoms with E-state index in [9.17, 15) is 19.5 Å². The number of rotatable bonds is 14. The summed E-state index contributed by atoms with van der Waals surface area (Å²) in [4.78, 5) is 51.4. The molecule has 8 N–H and O–H groups in total. The molecule has 12 nitrogen and oxygen atoms in total. The molecule has 1 aliphatic heterocycles. The molecule has 2 heterocycles. The van der Waals surface area contributed by atoms with E-state index in [1.807, 2.05) is 60.4 Å². The summed E-state index contributed by atoms with van der Waals surface area (Å²) in [6.45, 7) is 3.89. The Morgan fingerprint density at radius 2 is 1.57 bits per heavy atom. The van der Waals surface area contributed by atoms with Gasteiger partial charge < -0.3 is 37.4 Å². The number of aromatic nitrogens is 2. The molecule has 0 bridgehead atoms. The molecule has 284 valence electrons. The molecule has 1 aromatic heterocycles. The number of fused-ring (bicyclic) bond motifs is 3. The second kappa shape index (κ2) is 17.3. The molecule has 3 amide bonds. The standard InChI is InChI=1S/C41H49ClN8O4/c1-25-9-2-3-10-28(25)21-26(23-46-40(52)36-38(44)48-39(45)37(42)47-36)24-50(41(53)54)34(27-16-19-49(20-17-27)35(51)15-8-18-43)22-33-31-13-6-4-11-29(31)30-12-5-7-14-32(30)33/h2-7,9-14,26-27,33-34H,8,15-24,43H2,1H3,(H,46,52)(H,53,54)(H4,44,45,48). The zero-order valence-electron chi connectivity index (χ0n) is 30.6. The Balaban J connectivity index is 1.32. The summed E-state index contributed by atoms with van der Waals surface area (Å²) >= 11 is 6.08. The number of nitrogens with zero attached hydrogens (tertiary/aromatic N) is 4. The van der Waals surface area contributed by atoms with Gasteiger partial charge in [-0.1, -0.05) is 84.4 Å². The van der Waals surface area contributed by atoms with Gasteiger partial charge in [0.15, 0.2) is 22.5 Å². The van der Waals surface area contributed by atoms with Crippen molar-refractivity contribution in [2.75, 3.05) is 44.2 Å². The molecule has 2 unspecified atom stereocenters. The number of hydrogen-bond acceptors (Lipinski definition) is 8. The lowest BCUT2D eigenvalue weighted by atomic mass is 9.80. The largest absolute Gasteiger partial charge is 0.465 e. The molecule has 1 fully saturated rings. The number of aryl methyl sites for hydroxylation is 1. The topological polar surface area (TPSA) is 194 Å². The first kappa shape index (κ1) is 38.5. The zero-order chi connectivity index (χ0) is 38.4. The number of amides is 3. The van der Waals surface area contributed by atoms with Gasteiger partial charge in [-0.3, -0.25) is 9.59 Å². The van der Waals surface area contributed by atoms with E-state index in [2.05, 4.69) is 39.6 Å². The number of carbonyl (C=O) groups excluding carboxylic acids is 2. The fourth-order valence-corrected chi connectivity index (χ4v) is 8.32. The predicted octanol–water partition coefficient (Wildman–Crippen LogP) is 5.72. The van der Waals surface area contributed by atoms with Crippen LogP contribution in [0.4, 0.5) is 16.4 Å². The van der Waals surface area contributed by atoms with Crippen LogP contribution in [0.1, 0.15) is 70.8 Å². The number of nitrogen functional groups attached to an aromatic ring is 2. The number of nitrogens with two attached hydrogens (primary N) is 3. The van der Waals surface area contributed by atoms with Crippen molar-refractivity contribution in [2.24, 2.45) is 17.6 Å². The van der Waals surface area contributed by atoms with Gasteiger partial charge in [-0.05, 0) is 90.8 Å². The SMILES string of the molecule is Cc1ccccc1CC(CNC(=O)c1nc(Cl)c(N)nc1N)CN(C(=O)O)C(CC1c2ccccc2-c2ccccc21)C1CCN(C(=O)CCCN)CC1. The van der Waals surface area contributed by atoms with E-state index in [4.69, 9.17) is 28.8 Å². The molecule has 0 spiro atoms. The van der Waals surface area contributed by atoms with Crippen molar-refractivity contribution in [1.29, 1.82) is 0 Å². The van der Waals surface area contributed by atoms with E-state index in [0.29, 0.717) is 58.2 Å². The van der Waals surface area contributed by atoms with Crippen molar-refractivity contribution in [1.82, 2.24) is 25.1 Å². The Bertz CT molecular complexity index is 1940. The van der Waals surface area contributed by atoms with Crippen LogP contribution in [0.2, 0.25) is 5.15 Å². The lowest BCUT2D eigenvalue weighted by molar-refractivity contribution is -0.133. The summed E-state index contributed by atoms with van der Waals surface area (Å²) in [6, 6.07) is 24.3. The molecule has 13 heteroatoms. The van der Waals surface area contributed by atoms with Crippen molar-refractivity contribution in [3.05, 3.63) is 106 Å². The average molecular weight is 753 g/mol. The van der Waals surface area contributed by atoms with Crippen molar-refractivity contribution < 1.29 is 19.5 Å². The Kier molecular flexibility index (Phi) is 12.3. The molecule has 54 heavy (non-hydrogen) atoms. The van der Waals surface area contributed by atoms with Crippen LogP contribution in [-0.2, 0) is 11.2 Å². The van der Waals surface area contributed by atoms with Crippen molar-refractivity contribution in [3.63, 3.8) is 0 Å². The highest BCUT2D eigenvalue weighted by Gasteiger charge is 2.39. The number of anilines is 2. The highest BCUT2D eigenvalue weighted by atomic mass is 35.5. The number of likely N-dealkylation sites (tertiary alicyclic amines) is 1. The van der Waals surface area contributed by atoms with Gasteiger partial charge in [-0.15, -0.1) is 0 Å². The number of carboxylic acid groups (broad SMARTS) is 1. The monoisotopic (exact) mass is 752 g/mol. The molecule has 1 aliphatic carbocycles. The van der Waals surface area contributed by atoms with Gasteiger partial charge in [-0.25, -0.2) is 14.8 Å². The molecule has 2 atom stereocenters. The predicted molar refractivity (Wildman–Crippen MR) is 211 cm³/mol. The van der Waals surface area contributed by atoms with Crippen molar-refractivity contribution in [2.45, 2.75) is 57.4 Å². The van der Waals surface area contributed by atoms with E-state index in [1.165, 1.54) is 22.3 Å². The minimum Gasteiger partial charge on any atom is -0.465 e. The van der Waals surface area contributed by atoms with Crippen LogP contribution in [0, 0.1) is 18.8 Å². The van der Waals surface area contributed by atoms with Crippen LogP contribution in [0.25, 0.3) is 11.1 Å². The molecular weight excluding hydrogens is 704 g/mol. The molecule has 1 saturated heterocycles. The molecule has 3 aromatic carbocycles. The number of halogens is 1. The normalized spacial score (nSPS) is 15.3. The Morgan fingerprint density at radius 3 is 2.20 bits per heavy atom. The number of carbonyl (C=O) groups is 3. The Hall–Kier alpha value is -5.20. The summed E-state index contributed by atoms with van der Waals surface area (Å²) in [5, 5.41) is 13.9. The van der Waals surface area contributed by atoms with E-state index in [0.717, 1.165) is 11.1 Å². The smallest absolute Gasteiger partial charge is 0.407 e. The summed E-state index contributed by atoms with van der Waals surface area (Å²) < 4.78 is 0. The quantitative estimate of drug-likeness (QED) is 0.107. The Labute approximate surface area is 321 Å². The van der Waals surface area contributed by atoms with E-state index in [1.54, 1.807) is 4.90 Å². The number of piperidine rings is 1. The molecule has 2 aliphatic rings. The minimum absolute atomic E-state index is 0.000257. The third kappa shape index (κ3) is 8.61. The molecule has 6 rings (SSSR count). The van der Waals surface area contributed by atoms with Crippen LogP contribution in [0.3, 0.4) is 0 Å². The lowest BCUT2D eigenvalue weighted by Crippen LogP contribution is -2.51. The number of hydrogen-bond donors (Lipinski definition) is 5. The van der Waals surface area contributed by atoms with Crippen molar-refractivity contribution in [3.8, 4) is 11.1 Å². The van der Waals surface area contributed by atoms with Gasteiger partial charge in [0, 0.05) is 44.6 Å². The van der Waals surface area contributed by atoms with Gasteiger partial charge in [0.2, 0.25) is 5.91 Å². The van der Waals surface area contributed by atoms with E-state index in [-0.39, 0.29) is 65.3 Å². The molecule has 0 radical (unpaired) electrons. The van der Waals surface area contributed by atoms with Gasteiger partial charge in [0.25, 0.3) is 5.91 Å². The van der Waals surface area contributed by atoms with Gasteiger partial charge in [0.1, 0.15) is 0 Å². The molecular formula is C41H49ClN8O4. The second-order valence-electron chi connectivity index (χ2n) is 14.4. The fourth-order valence-electron chi connectivity index (χ4n) is 8.19. The molecule has 0 saturated carbocycles. The van der Waals surface area contributed by atoms with Crippen molar-refractivity contribution >= 4 is 41.1 Å². The summed E-state index contributed by atoms with van der Waals surface area (Å²) in [6.07, 6.45) is 2.46. The Morgan fingerprint density at radius 1 is 0.944 bits per heavy atom. The van der Waals surface area contributed by atoms with Crippen LogP contribution < -0.4 is 22.5 Å². The summed E-state index contributed by atoms with van der Waals surface area (Å²) in [7, 11) is 0. The first-order chi connectivity index (χ1) is 26.0. The maximum Gasteiger partial charge on any atom is 0.407 e.